The highest BCUT2D eigenvalue weighted by Crippen LogP contribution is 2.40. The zero-order chi connectivity index (χ0) is 16.4. The fourth-order valence-electron chi connectivity index (χ4n) is 2.83. The van der Waals surface area contributed by atoms with Gasteiger partial charge >= 0.3 is 0 Å². The minimum atomic E-state index is -0.0549. The van der Waals surface area contributed by atoms with Crippen LogP contribution in [-0.4, -0.2) is 22.9 Å². The molecule has 0 aliphatic carbocycles. The van der Waals surface area contributed by atoms with Crippen molar-refractivity contribution in [2.75, 3.05) is 11.9 Å². The molecule has 1 N–H and O–H groups in total. The van der Waals surface area contributed by atoms with Crippen LogP contribution in [0.1, 0.15) is 47.5 Å². The Bertz CT molecular complexity index is 557. The summed E-state index contributed by atoms with van der Waals surface area (Å²) in [7, 11) is 0. The van der Waals surface area contributed by atoms with E-state index < -0.39 is 0 Å². The number of amides is 1. The Kier molecular flexibility index (Phi) is 4.64. The van der Waals surface area contributed by atoms with Gasteiger partial charge in [0.25, 0.3) is 5.91 Å². The van der Waals surface area contributed by atoms with E-state index in [1.165, 1.54) is 0 Å². The van der Waals surface area contributed by atoms with E-state index >= 15 is 0 Å². The van der Waals surface area contributed by atoms with E-state index in [0.29, 0.717) is 0 Å². The number of rotatable bonds is 3. The highest BCUT2D eigenvalue weighted by Gasteiger charge is 2.37. The van der Waals surface area contributed by atoms with Crippen molar-refractivity contribution in [2.24, 2.45) is 5.41 Å². The molecule has 1 unspecified atom stereocenters. The number of hydrogen-bond donors (Lipinski definition) is 1. The lowest BCUT2D eigenvalue weighted by atomic mass is 9.74. The van der Waals surface area contributed by atoms with E-state index in [9.17, 15) is 4.79 Å². The van der Waals surface area contributed by atoms with Crippen molar-refractivity contribution in [1.82, 2.24) is 4.90 Å². The first-order chi connectivity index (χ1) is 10.3. The molecule has 1 aliphatic heterocycles. The molecule has 2 rings (SSSR count). The fraction of sp³-hybridized carbons (Fsp3) is 0.526. The van der Waals surface area contributed by atoms with Crippen molar-refractivity contribution in [1.29, 1.82) is 0 Å². The standard InChI is InChI=1S/C19H28N2O/c1-6-19(5)12-13-21(18(2,3)4)14-16(19)17(22)20-15-10-8-7-9-11-15/h7-11,14H,6,12-13H2,1-5H3,(H,20,22). The normalized spacial score (nSPS) is 22.2. The van der Waals surface area contributed by atoms with Crippen LogP contribution in [0.25, 0.3) is 0 Å². The van der Waals surface area contributed by atoms with Crippen LogP contribution >= 0.6 is 0 Å². The summed E-state index contributed by atoms with van der Waals surface area (Å²) < 4.78 is 0. The van der Waals surface area contributed by atoms with E-state index in [-0.39, 0.29) is 16.9 Å². The van der Waals surface area contributed by atoms with E-state index in [2.05, 4.69) is 51.0 Å². The summed E-state index contributed by atoms with van der Waals surface area (Å²) in [4.78, 5) is 15.1. The third-order valence-corrected chi connectivity index (χ3v) is 4.76. The van der Waals surface area contributed by atoms with Gasteiger partial charge < -0.3 is 10.2 Å². The molecular formula is C19H28N2O. The molecule has 3 heteroatoms. The number of para-hydroxylation sites is 1. The van der Waals surface area contributed by atoms with Crippen molar-refractivity contribution >= 4 is 11.6 Å². The Morgan fingerprint density at radius 1 is 1.27 bits per heavy atom. The highest BCUT2D eigenvalue weighted by atomic mass is 16.1. The number of nitrogens with one attached hydrogen (secondary N) is 1. The maximum Gasteiger partial charge on any atom is 0.253 e. The topological polar surface area (TPSA) is 32.3 Å². The van der Waals surface area contributed by atoms with Gasteiger partial charge in [0.15, 0.2) is 0 Å². The smallest absolute Gasteiger partial charge is 0.253 e. The summed E-state index contributed by atoms with van der Waals surface area (Å²) in [5, 5.41) is 3.04. The molecular weight excluding hydrogens is 272 g/mol. The van der Waals surface area contributed by atoms with Gasteiger partial charge in [-0.2, -0.15) is 0 Å². The van der Waals surface area contributed by atoms with Crippen molar-refractivity contribution in [3.8, 4) is 0 Å². The molecule has 0 saturated heterocycles. The molecule has 1 aliphatic rings. The van der Waals surface area contributed by atoms with Crippen molar-refractivity contribution in [3.05, 3.63) is 42.1 Å². The van der Waals surface area contributed by atoms with Gasteiger partial charge in [0.1, 0.15) is 0 Å². The predicted octanol–water partition coefficient (Wildman–Crippen LogP) is 4.43. The Morgan fingerprint density at radius 3 is 2.45 bits per heavy atom. The summed E-state index contributed by atoms with van der Waals surface area (Å²) in [5.74, 6) is 0.0181. The van der Waals surface area contributed by atoms with Gasteiger partial charge in [0, 0.05) is 35.0 Å². The molecule has 0 spiro atoms. The summed E-state index contributed by atoms with van der Waals surface area (Å²) in [5.41, 5.74) is 1.72. The van der Waals surface area contributed by atoms with Crippen LogP contribution in [0.5, 0.6) is 0 Å². The Balaban J connectivity index is 2.29. The van der Waals surface area contributed by atoms with Crippen LogP contribution in [0.15, 0.2) is 42.1 Å². The number of anilines is 1. The maximum atomic E-state index is 12.8. The Hall–Kier alpha value is -1.77. The molecule has 0 radical (unpaired) electrons. The van der Waals surface area contributed by atoms with E-state index in [1.54, 1.807) is 0 Å². The molecule has 0 bridgehead atoms. The molecule has 1 aromatic carbocycles. The molecule has 0 fully saturated rings. The van der Waals surface area contributed by atoms with Gasteiger partial charge in [-0.3, -0.25) is 4.79 Å². The number of hydrogen-bond acceptors (Lipinski definition) is 2. The number of benzene rings is 1. The lowest BCUT2D eigenvalue weighted by Gasteiger charge is -2.44. The SMILES string of the molecule is CCC1(C)CCN(C(C)(C)C)C=C1C(=O)Nc1ccccc1. The van der Waals surface area contributed by atoms with Crippen molar-refractivity contribution < 1.29 is 4.79 Å². The van der Waals surface area contributed by atoms with Crippen molar-refractivity contribution in [2.45, 2.75) is 53.0 Å². The largest absolute Gasteiger partial charge is 0.372 e. The Morgan fingerprint density at radius 2 is 1.91 bits per heavy atom. The number of carbonyl (C=O) groups is 1. The molecule has 3 nitrogen and oxygen atoms in total. The second-order valence-corrected chi connectivity index (χ2v) is 7.39. The third kappa shape index (κ3) is 3.52. The van der Waals surface area contributed by atoms with Gasteiger partial charge in [-0.25, -0.2) is 0 Å². The van der Waals surface area contributed by atoms with Crippen LogP contribution in [0, 0.1) is 5.41 Å². The molecule has 1 heterocycles. The summed E-state index contributed by atoms with van der Waals surface area (Å²) in [6.45, 7) is 11.9. The van der Waals surface area contributed by atoms with Crippen molar-refractivity contribution in [3.63, 3.8) is 0 Å². The average Bonchev–Trinajstić information content (AvgIpc) is 2.47. The van der Waals surface area contributed by atoms with Crippen LogP contribution in [0.2, 0.25) is 0 Å². The first-order valence-electron chi connectivity index (χ1n) is 8.12. The first-order valence-corrected chi connectivity index (χ1v) is 8.12. The van der Waals surface area contributed by atoms with E-state index in [0.717, 1.165) is 30.6 Å². The lowest BCUT2D eigenvalue weighted by molar-refractivity contribution is -0.114. The second kappa shape index (κ2) is 6.15. The molecule has 120 valence electrons. The molecule has 0 aromatic heterocycles. The van der Waals surface area contributed by atoms with E-state index in [4.69, 9.17) is 0 Å². The van der Waals surface area contributed by atoms with Gasteiger partial charge in [0.05, 0.1) is 0 Å². The predicted molar refractivity (Wildman–Crippen MR) is 92.6 cm³/mol. The van der Waals surface area contributed by atoms with Crippen LogP contribution in [0.3, 0.4) is 0 Å². The van der Waals surface area contributed by atoms with Crippen LogP contribution in [0.4, 0.5) is 5.69 Å². The summed E-state index contributed by atoms with van der Waals surface area (Å²) in [6.07, 6.45) is 4.05. The monoisotopic (exact) mass is 300 g/mol. The van der Waals surface area contributed by atoms with Crippen LogP contribution < -0.4 is 5.32 Å². The number of carbonyl (C=O) groups excluding carboxylic acids is 1. The third-order valence-electron chi connectivity index (χ3n) is 4.76. The van der Waals surface area contributed by atoms with E-state index in [1.807, 2.05) is 30.3 Å². The molecule has 1 atom stereocenters. The Labute approximate surface area is 134 Å². The quantitative estimate of drug-likeness (QED) is 0.895. The fourth-order valence-corrected chi connectivity index (χ4v) is 2.83. The molecule has 1 amide bonds. The molecule has 1 aromatic rings. The zero-order valence-electron chi connectivity index (χ0n) is 14.4. The minimum Gasteiger partial charge on any atom is -0.372 e. The zero-order valence-corrected chi connectivity index (χ0v) is 14.4. The van der Waals surface area contributed by atoms with Gasteiger partial charge in [0.2, 0.25) is 0 Å². The summed E-state index contributed by atoms with van der Waals surface area (Å²) in [6, 6.07) is 9.67. The van der Waals surface area contributed by atoms with Gasteiger partial charge in [-0.15, -0.1) is 0 Å². The summed E-state index contributed by atoms with van der Waals surface area (Å²) >= 11 is 0. The highest BCUT2D eigenvalue weighted by molar-refractivity contribution is 6.04. The average molecular weight is 300 g/mol. The lowest BCUT2D eigenvalue weighted by Crippen LogP contribution is -2.45. The second-order valence-electron chi connectivity index (χ2n) is 7.39. The number of nitrogens with zero attached hydrogens (tertiary/aromatic N) is 1. The van der Waals surface area contributed by atoms with Crippen LogP contribution in [-0.2, 0) is 4.79 Å². The first kappa shape index (κ1) is 16.6. The van der Waals surface area contributed by atoms with Gasteiger partial charge in [-0.05, 0) is 45.7 Å². The minimum absolute atomic E-state index is 0.0181. The maximum absolute atomic E-state index is 12.8. The molecule has 22 heavy (non-hydrogen) atoms. The van der Waals surface area contributed by atoms with Gasteiger partial charge in [-0.1, -0.05) is 32.0 Å². The molecule has 0 saturated carbocycles.